The summed E-state index contributed by atoms with van der Waals surface area (Å²) in [7, 11) is 3.40. The summed E-state index contributed by atoms with van der Waals surface area (Å²) in [5.74, 6) is 1.70. The van der Waals surface area contributed by atoms with Crippen LogP contribution in [0.3, 0.4) is 0 Å². The second kappa shape index (κ2) is 9.03. The van der Waals surface area contributed by atoms with Gasteiger partial charge in [0.25, 0.3) is 0 Å². The van der Waals surface area contributed by atoms with Crippen LogP contribution in [0.1, 0.15) is 30.9 Å². The van der Waals surface area contributed by atoms with Gasteiger partial charge in [0.15, 0.2) is 0 Å². The van der Waals surface area contributed by atoms with Crippen molar-refractivity contribution in [3.8, 4) is 5.75 Å². The molecule has 1 atom stereocenters. The summed E-state index contributed by atoms with van der Waals surface area (Å²) in [5, 5.41) is 3.67. The molecule has 1 aromatic rings. The van der Waals surface area contributed by atoms with Crippen molar-refractivity contribution >= 4 is 0 Å². The highest BCUT2D eigenvalue weighted by atomic mass is 16.5. The Balaban J connectivity index is 1.72. The summed E-state index contributed by atoms with van der Waals surface area (Å²) in [6.07, 6.45) is 3.69. The second-order valence-corrected chi connectivity index (χ2v) is 5.50. The van der Waals surface area contributed by atoms with E-state index in [0.717, 1.165) is 31.2 Å². The molecular weight excluding hydrogens is 266 g/mol. The molecule has 4 nitrogen and oxygen atoms in total. The maximum absolute atomic E-state index is 5.49. The summed E-state index contributed by atoms with van der Waals surface area (Å²) in [4.78, 5) is 0. The molecule has 2 rings (SSSR count). The first-order valence-electron chi connectivity index (χ1n) is 7.79. The minimum atomic E-state index is 0.467. The molecule has 0 aromatic heterocycles. The Morgan fingerprint density at radius 3 is 2.48 bits per heavy atom. The van der Waals surface area contributed by atoms with Gasteiger partial charge in [-0.2, -0.15) is 0 Å². The van der Waals surface area contributed by atoms with Gasteiger partial charge >= 0.3 is 0 Å². The van der Waals surface area contributed by atoms with Crippen LogP contribution in [0.25, 0.3) is 0 Å². The van der Waals surface area contributed by atoms with Gasteiger partial charge in [0.05, 0.1) is 20.3 Å². The minimum Gasteiger partial charge on any atom is -0.497 e. The Morgan fingerprint density at radius 1 is 1.10 bits per heavy atom. The van der Waals surface area contributed by atoms with Crippen LogP contribution in [-0.4, -0.2) is 40.6 Å². The molecule has 1 saturated carbocycles. The fraction of sp³-hybridized carbons (Fsp3) is 0.647. The molecule has 0 amide bonds. The van der Waals surface area contributed by atoms with Crippen molar-refractivity contribution in [2.75, 3.05) is 40.6 Å². The zero-order chi connectivity index (χ0) is 14.9. The molecule has 1 aliphatic rings. The van der Waals surface area contributed by atoms with E-state index in [1.54, 1.807) is 14.2 Å². The predicted octanol–water partition coefficient (Wildman–Crippen LogP) is 2.79. The lowest BCUT2D eigenvalue weighted by Gasteiger charge is -2.19. The average Bonchev–Trinajstić information content (AvgIpc) is 3.35. The Morgan fingerprint density at radius 2 is 1.86 bits per heavy atom. The van der Waals surface area contributed by atoms with Crippen LogP contribution in [0.2, 0.25) is 0 Å². The molecule has 1 aliphatic carbocycles. The van der Waals surface area contributed by atoms with E-state index in [0.29, 0.717) is 19.3 Å². The SMILES string of the molecule is COCCOCCCNC(c1ccc(OC)cc1)C1CC1. The quantitative estimate of drug-likeness (QED) is 0.637. The van der Waals surface area contributed by atoms with E-state index in [1.807, 2.05) is 12.1 Å². The lowest BCUT2D eigenvalue weighted by Crippen LogP contribution is -2.25. The number of methoxy groups -OCH3 is 2. The highest BCUT2D eigenvalue weighted by molar-refractivity contribution is 5.30. The lowest BCUT2D eigenvalue weighted by molar-refractivity contribution is 0.0691. The van der Waals surface area contributed by atoms with Crippen LogP contribution >= 0.6 is 0 Å². The van der Waals surface area contributed by atoms with Crippen LogP contribution < -0.4 is 10.1 Å². The first-order chi connectivity index (χ1) is 10.3. The zero-order valence-corrected chi connectivity index (χ0v) is 13.1. The van der Waals surface area contributed by atoms with Crippen LogP contribution in [0, 0.1) is 5.92 Å². The van der Waals surface area contributed by atoms with Gasteiger partial charge in [-0.3, -0.25) is 0 Å². The molecular formula is C17H27NO3. The lowest BCUT2D eigenvalue weighted by atomic mass is 10.0. The molecule has 0 saturated heterocycles. The van der Waals surface area contributed by atoms with E-state index in [9.17, 15) is 0 Å². The first kappa shape index (κ1) is 16.3. The molecule has 1 N–H and O–H groups in total. The van der Waals surface area contributed by atoms with Crippen molar-refractivity contribution in [1.82, 2.24) is 5.32 Å². The third-order valence-corrected chi connectivity index (χ3v) is 3.83. The smallest absolute Gasteiger partial charge is 0.118 e. The largest absolute Gasteiger partial charge is 0.497 e. The van der Waals surface area contributed by atoms with Crippen LogP contribution in [-0.2, 0) is 9.47 Å². The Kier molecular flexibility index (Phi) is 7.00. The minimum absolute atomic E-state index is 0.467. The summed E-state index contributed by atoms with van der Waals surface area (Å²) in [6.45, 7) is 3.13. The molecule has 118 valence electrons. The third-order valence-electron chi connectivity index (χ3n) is 3.83. The van der Waals surface area contributed by atoms with E-state index in [-0.39, 0.29) is 0 Å². The highest BCUT2D eigenvalue weighted by Crippen LogP contribution is 2.41. The highest BCUT2D eigenvalue weighted by Gasteiger charge is 2.31. The molecule has 0 aliphatic heterocycles. The van der Waals surface area contributed by atoms with Gasteiger partial charge in [-0.05, 0) is 49.4 Å². The predicted molar refractivity (Wildman–Crippen MR) is 83.8 cm³/mol. The molecule has 1 unspecified atom stereocenters. The Bertz CT molecular complexity index is 390. The molecule has 4 heteroatoms. The normalized spacial score (nSPS) is 15.9. The van der Waals surface area contributed by atoms with E-state index in [2.05, 4.69) is 17.4 Å². The number of ether oxygens (including phenoxy) is 3. The number of hydrogen-bond acceptors (Lipinski definition) is 4. The van der Waals surface area contributed by atoms with Gasteiger partial charge in [-0.15, -0.1) is 0 Å². The monoisotopic (exact) mass is 293 g/mol. The van der Waals surface area contributed by atoms with Gasteiger partial charge in [-0.25, -0.2) is 0 Å². The van der Waals surface area contributed by atoms with E-state index < -0.39 is 0 Å². The van der Waals surface area contributed by atoms with Crippen molar-refractivity contribution in [2.24, 2.45) is 5.92 Å². The maximum Gasteiger partial charge on any atom is 0.118 e. The summed E-state index contributed by atoms with van der Waals surface area (Å²) >= 11 is 0. The number of hydrogen-bond donors (Lipinski definition) is 1. The van der Waals surface area contributed by atoms with Gasteiger partial charge < -0.3 is 19.5 Å². The summed E-state index contributed by atoms with van der Waals surface area (Å²) in [5.41, 5.74) is 1.36. The fourth-order valence-electron chi connectivity index (χ4n) is 2.47. The number of benzene rings is 1. The topological polar surface area (TPSA) is 39.7 Å². The third kappa shape index (κ3) is 5.65. The summed E-state index contributed by atoms with van der Waals surface area (Å²) in [6, 6.07) is 8.89. The van der Waals surface area contributed by atoms with Crippen molar-refractivity contribution in [1.29, 1.82) is 0 Å². The van der Waals surface area contributed by atoms with Gasteiger partial charge in [-0.1, -0.05) is 12.1 Å². The molecule has 0 radical (unpaired) electrons. The molecule has 1 fully saturated rings. The van der Waals surface area contributed by atoms with Crippen LogP contribution in [0.15, 0.2) is 24.3 Å². The standard InChI is InChI=1S/C17H27NO3/c1-19-12-13-21-11-3-10-18-17(14-4-5-14)15-6-8-16(20-2)9-7-15/h6-9,14,17-18H,3-5,10-13H2,1-2H3. The first-order valence-corrected chi connectivity index (χ1v) is 7.79. The van der Waals surface area contributed by atoms with Crippen LogP contribution in [0.5, 0.6) is 5.75 Å². The van der Waals surface area contributed by atoms with Crippen molar-refractivity contribution in [3.63, 3.8) is 0 Å². The van der Waals surface area contributed by atoms with E-state index in [4.69, 9.17) is 14.2 Å². The second-order valence-electron chi connectivity index (χ2n) is 5.50. The molecule has 0 heterocycles. The Labute approximate surface area is 127 Å². The van der Waals surface area contributed by atoms with Gasteiger partial charge in [0, 0.05) is 19.8 Å². The van der Waals surface area contributed by atoms with Crippen molar-refractivity contribution < 1.29 is 14.2 Å². The maximum atomic E-state index is 5.49. The average molecular weight is 293 g/mol. The van der Waals surface area contributed by atoms with Crippen molar-refractivity contribution in [3.05, 3.63) is 29.8 Å². The fourth-order valence-corrected chi connectivity index (χ4v) is 2.47. The van der Waals surface area contributed by atoms with Gasteiger partial charge in [0.2, 0.25) is 0 Å². The summed E-state index contributed by atoms with van der Waals surface area (Å²) < 4.78 is 15.7. The molecule has 0 spiro atoms. The Hall–Kier alpha value is -1.10. The van der Waals surface area contributed by atoms with Crippen molar-refractivity contribution in [2.45, 2.75) is 25.3 Å². The van der Waals surface area contributed by atoms with E-state index in [1.165, 1.54) is 18.4 Å². The molecule has 21 heavy (non-hydrogen) atoms. The van der Waals surface area contributed by atoms with E-state index >= 15 is 0 Å². The number of nitrogens with one attached hydrogen (secondary N) is 1. The van der Waals surface area contributed by atoms with Gasteiger partial charge in [0.1, 0.15) is 5.75 Å². The molecule has 0 bridgehead atoms. The molecule has 1 aromatic carbocycles. The number of rotatable bonds is 11. The zero-order valence-electron chi connectivity index (χ0n) is 13.1. The van der Waals surface area contributed by atoms with Crippen LogP contribution in [0.4, 0.5) is 0 Å².